The van der Waals surface area contributed by atoms with E-state index in [2.05, 4.69) is 36.1 Å². The molecule has 1 atom stereocenters. The van der Waals surface area contributed by atoms with Crippen LogP contribution in [0.4, 0.5) is 0 Å². The fourth-order valence-electron chi connectivity index (χ4n) is 3.68. The van der Waals surface area contributed by atoms with Crippen molar-refractivity contribution in [2.75, 3.05) is 13.7 Å². The van der Waals surface area contributed by atoms with Gasteiger partial charge in [0.05, 0.1) is 24.2 Å². The molecule has 1 amide bonds. The minimum atomic E-state index is 0.00905. The average Bonchev–Trinajstić information content (AvgIpc) is 3.38. The van der Waals surface area contributed by atoms with E-state index in [1.807, 2.05) is 4.90 Å². The number of fused-ring (bicyclic) bond motifs is 1. The van der Waals surface area contributed by atoms with Crippen molar-refractivity contribution in [3.05, 3.63) is 40.9 Å². The number of ether oxygens (including phenoxy) is 1. The number of aromatic nitrogens is 3. The fourth-order valence-corrected chi connectivity index (χ4v) is 3.68. The van der Waals surface area contributed by atoms with E-state index in [0.29, 0.717) is 24.5 Å². The molecule has 3 heterocycles. The van der Waals surface area contributed by atoms with Crippen LogP contribution in [0.2, 0.25) is 0 Å². The number of H-pyrrole nitrogens is 1. The van der Waals surface area contributed by atoms with Crippen LogP contribution >= 0.6 is 0 Å². The van der Waals surface area contributed by atoms with Gasteiger partial charge in [0.25, 0.3) is 5.88 Å². The molecule has 1 fully saturated rings. The molecule has 2 aromatic heterocycles. The number of carbonyl (C=O) groups is 1. The summed E-state index contributed by atoms with van der Waals surface area (Å²) < 4.78 is 10.2. The molecule has 27 heavy (non-hydrogen) atoms. The van der Waals surface area contributed by atoms with Crippen LogP contribution in [-0.2, 0) is 11.2 Å². The van der Waals surface area contributed by atoms with E-state index in [0.717, 1.165) is 36.2 Å². The lowest BCUT2D eigenvalue weighted by Gasteiger charge is -2.23. The number of hydrogen-bond acceptors (Lipinski definition) is 5. The summed E-state index contributed by atoms with van der Waals surface area (Å²) in [7, 11) is 1.54. The zero-order valence-electron chi connectivity index (χ0n) is 15.9. The number of carbonyl (C=O) groups excluding carboxylic acids is 1. The van der Waals surface area contributed by atoms with Crippen molar-refractivity contribution in [2.45, 2.75) is 45.6 Å². The Kier molecular flexibility index (Phi) is 4.59. The number of imidazole rings is 1. The van der Waals surface area contributed by atoms with Crippen molar-refractivity contribution in [3.63, 3.8) is 0 Å². The van der Waals surface area contributed by atoms with Gasteiger partial charge in [-0.1, -0.05) is 0 Å². The van der Waals surface area contributed by atoms with E-state index in [-0.39, 0.29) is 11.9 Å². The number of amides is 1. The van der Waals surface area contributed by atoms with Crippen LogP contribution in [0, 0.1) is 13.8 Å². The molecule has 1 saturated heterocycles. The number of nitrogens with zero attached hydrogens (tertiary/aromatic N) is 3. The van der Waals surface area contributed by atoms with Gasteiger partial charge in [-0.15, -0.1) is 0 Å². The average molecular weight is 368 g/mol. The Bertz CT molecular complexity index is 936. The fraction of sp³-hybridized carbons (Fsp3) is 0.450. The van der Waals surface area contributed by atoms with Crippen molar-refractivity contribution in [3.8, 4) is 5.88 Å². The molecule has 7 nitrogen and oxygen atoms in total. The van der Waals surface area contributed by atoms with Crippen LogP contribution < -0.4 is 4.74 Å². The van der Waals surface area contributed by atoms with E-state index in [4.69, 9.17) is 14.2 Å². The third-order valence-corrected chi connectivity index (χ3v) is 5.34. The lowest BCUT2D eigenvalue weighted by Crippen LogP contribution is -2.31. The van der Waals surface area contributed by atoms with Crippen molar-refractivity contribution >= 4 is 16.9 Å². The van der Waals surface area contributed by atoms with Crippen LogP contribution in [0.5, 0.6) is 5.88 Å². The molecular formula is C20H24N4O3. The third-order valence-electron chi connectivity index (χ3n) is 5.34. The van der Waals surface area contributed by atoms with Crippen LogP contribution in [0.3, 0.4) is 0 Å². The smallest absolute Gasteiger partial charge is 0.254 e. The second kappa shape index (κ2) is 7.06. The predicted octanol–water partition coefficient (Wildman–Crippen LogP) is 3.47. The summed E-state index contributed by atoms with van der Waals surface area (Å²) in [6.45, 7) is 4.95. The molecule has 0 saturated carbocycles. The SMILES string of the molecule is COc1cc(CCC(=O)N2CCCC2c2nc3cc(C)c(C)cc3[nH]2)on1. The van der Waals surface area contributed by atoms with Crippen molar-refractivity contribution in [1.29, 1.82) is 0 Å². The number of aryl methyl sites for hydroxylation is 3. The Morgan fingerprint density at radius 1 is 1.33 bits per heavy atom. The first-order chi connectivity index (χ1) is 13.0. The summed E-state index contributed by atoms with van der Waals surface area (Å²) in [5.74, 6) is 2.08. The quantitative estimate of drug-likeness (QED) is 0.745. The molecule has 1 aliphatic rings. The Morgan fingerprint density at radius 3 is 2.93 bits per heavy atom. The molecule has 0 spiro atoms. The van der Waals surface area contributed by atoms with Gasteiger partial charge in [-0.05, 0) is 55.1 Å². The van der Waals surface area contributed by atoms with E-state index in [1.54, 1.807) is 6.07 Å². The largest absolute Gasteiger partial charge is 0.479 e. The molecular weight excluding hydrogens is 344 g/mol. The summed E-state index contributed by atoms with van der Waals surface area (Å²) in [5, 5.41) is 3.77. The van der Waals surface area contributed by atoms with Crippen molar-refractivity contribution in [1.82, 2.24) is 20.0 Å². The van der Waals surface area contributed by atoms with Gasteiger partial charge in [-0.25, -0.2) is 4.98 Å². The monoisotopic (exact) mass is 368 g/mol. The minimum absolute atomic E-state index is 0.00905. The van der Waals surface area contributed by atoms with E-state index in [1.165, 1.54) is 18.2 Å². The van der Waals surface area contributed by atoms with Gasteiger partial charge in [0.2, 0.25) is 5.91 Å². The highest BCUT2D eigenvalue weighted by Gasteiger charge is 2.32. The number of methoxy groups -OCH3 is 1. The Balaban J connectivity index is 1.48. The molecule has 1 aliphatic heterocycles. The predicted molar refractivity (Wildman–Crippen MR) is 101 cm³/mol. The topological polar surface area (TPSA) is 84.2 Å². The van der Waals surface area contributed by atoms with Crippen LogP contribution in [0.15, 0.2) is 22.7 Å². The highest BCUT2D eigenvalue weighted by molar-refractivity contribution is 5.79. The van der Waals surface area contributed by atoms with Gasteiger partial charge in [-0.2, -0.15) is 0 Å². The zero-order valence-corrected chi connectivity index (χ0v) is 15.9. The number of hydrogen-bond donors (Lipinski definition) is 1. The van der Waals surface area contributed by atoms with Crippen LogP contribution in [0.1, 0.15) is 48.0 Å². The molecule has 1 unspecified atom stereocenters. The highest BCUT2D eigenvalue weighted by atomic mass is 16.5. The maximum atomic E-state index is 12.8. The second-order valence-electron chi connectivity index (χ2n) is 7.16. The highest BCUT2D eigenvalue weighted by Crippen LogP contribution is 2.32. The number of aromatic amines is 1. The Morgan fingerprint density at radius 2 is 2.15 bits per heavy atom. The third kappa shape index (κ3) is 3.41. The number of likely N-dealkylation sites (tertiary alicyclic amines) is 1. The molecule has 0 aliphatic carbocycles. The molecule has 4 rings (SSSR count). The summed E-state index contributed by atoms with van der Waals surface area (Å²) in [6.07, 6.45) is 2.81. The van der Waals surface area contributed by atoms with E-state index in [9.17, 15) is 4.79 Å². The maximum Gasteiger partial charge on any atom is 0.254 e. The first-order valence-corrected chi connectivity index (χ1v) is 9.31. The summed E-state index contributed by atoms with van der Waals surface area (Å²) in [6, 6.07) is 5.95. The lowest BCUT2D eigenvalue weighted by molar-refractivity contribution is -0.132. The molecule has 0 bridgehead atoms. The van der Waals surface area contributed by atoms with Gasteiger partial charge < -0.3 is 19.1 Å². The minimum Gasteiger partial charge on any atom is -0.479 e. The summed E-state index contributed by atoms with van der Waals surface area (Å²) in [5.41, 5.74) is 4.45. The van der Waals surface area contributed by atoms with Crippen molar-refractivity contribution < 1.29 is 14.1 Å². The summed E-state index contributed by atoms with van der Waals surface area (Å²) >= 11 is 0. The van der Waals surface area contributed by atoms with Crippen molar-refractivity contribution in [2.24, 2.45) is 0 Å². The van der Waals surface area contributed by atoms with Gasteiger partial charge in [0, 0.05) is 25.5 Å². The molecule has 142 valence electrons. The maximum absolute atomic E-state index is 12.8. The molecule has 7 heteroatoms. The number of nitrogens with one attached hydrogen (secondary N) is 1. The molecule has 3 aromatic rings. The Labute approximate surface area is 157 Å². The van der Waals surface area contributed by atoms with Crippen LogP contribution in [-0.4, -0.2) is 39.6 Å². The summed E-state index contributed by atoms with van der Waals surface area (Å²) in [4.78, 5) is 22.9. The molecule has 0 radical (unpaired) electrons. The first kappa shape index (κ1) is 17.6. The van der Waals surface area contributed by atoms with Gasteiger partial charge in [0.15, 0.2) is 0 Å². The standard InChI is InChI=1S/C20H24N4O3/c1-12-9-15-16(10-13(12)2)22-20(21-15)17-5-4-8-24(17)19(25)7-6-14-11-18(26-3)23-27-14/h9-11,17H,4-8H2,1-3H3,(H,21,22). The number of rotatable bonds is 5. The van der Waals surface area contributed by atoms with Crippen LogP contribution in [0.25, 0.3) is 11.0 Å². The molecule has 1 aromatic carbocycles. The van der Waals surface area contributed by atoms with Gasteiger partial charge in [-0.3, -0.25) is 4.79 Å². The normalized spacial score (nSPS) is 17.0. The lowest BCUT2D eigenvalue weighted by atomic mass is 10.1. The van der Waals surface area contributed by atoms with E-state index < -0.39 is 0 Å². The Hall–Kier alpha value is -2.83. The number of benzene rings is 1. The zero-order chi connectivity index (χ0) is 19.0. The van der Waals surface area contributed by atoms with E-state index >= 15 is 0 Å². The molecule has 1 N–H and O–H groups in total. The van der Waals surface area contributed by atoms with Gasteiger partial charge >= 0.3 is 0 Å². The van der Waals surface area contributed by atoms with Gasteiger partial charge in [0.1, 0.15) is 11.6 Å². The second-order valence-corrected chi connectivity index (χ2v) is 7.16. The first-order valence-electron chi connectivity index (χ1n) is 9.31.